The van der Waals surface area contributed by atoms with Gasteiger partial charge in [0, 0.05) is 19.6 Å². The third-order valence-electron chi connectivity index (χ3n) is 1.94. The van der Waals surface area contributed by atoms with Crippen molar-refractivity contribution in [2.75, 3.05) is 45.4 Å². The maximum atomic E-state index is 10.7. The summed E-state index contributed by atoms with van der Waals surface area (Å²) in [6.45, 7) is 0.329. The zero-order valence-electron chi connectivity index (χ0n) is 9.75. The second kappa shape index (κ2) is 8.37. The van der Waals surface area contributed by atoms with Crippen molar-refractivity contribution in [1.82, 2.24) is 4.90 Å². The summed E-state index contributed by atoms with van der Waals surface area (Å²) in [6, 6.07) is 0. The molecule has 18 heavy (non-hydrogen) atoms. The molecule has 0 saturated heterocycles. The Morgan fingerprint density at radius 2 is 1.56 bits per heavy atom. The van der Waals surface area contributed by atoms with Crippen molar-refractivity contribution >= 4 is 15.2 Å². The Bertz CT molecular complexity index is 313. The predicted molar refractivity (Wildman–Crippen MR) is 63.3 cm³/mol. The summed E-state index contributed by atoms with van der Waals surface area (Å²) in [5.74, 6) is 0. The standard InChI is InChI=1S/C7H19NO8P2/c9-4-1-8(3-6-17(10,11)12)2-5-16-7-18(13,14)15/h9H,1-7H2,(H2,10,11,12)(H2,13,14,15). The number of ether oxygens (including phenoxy) is 1. The summed E-state index contributed by atoms with van der Waals surface area (Å²) in [4.78, 5) is 36.0. The Balaban J connectivity index is 3.90. The largest absolute Gasteiger partial charge is 0.395 e. The number of hydrogen-bond acceptors (Lipinski definition) is 5. The lowest BCUT2D eigenvalue weighted by atomic mass is 10.5. The van der Waals surface area contributed by atoms with Gasteiger partial charge in [-0.1, -0.05) is 0 Å². The molecule has 0 rings (SSSR count). The summed E-state index contributed by atoms with van der Waals surface area (Å²) in [5, 5.41) is 8.75. The molecule has 0 heterocycles. The van der Waals surface area contributed by atoms with Crippen molar-refractivity contribution in [1.29, 1.82) is 0 Å². The van der Waals surface area contributed by atoms with Gasteiger partial charge in [-0.2, -0.15) is 0 Å². The molecule has 0 aromatic carbocycles. The zero-order chi connectivity index (χ0) is 14.2. The minimum Gasteiger partial charge on any atom is -0.395 e. The van der Waals surface area contributed by atoms with Crippen LogP contribution in [0.15, 0.2) is 0 Å². The summed E-state index contributed by atoms with van der Waals surface area (Å²) in [6.07, 6.45) is -1.04. The smallest absolute Gasteiger partial charge is 0.350 e. The average molecular weight is 307 g/mol. The van der Waals surface area contributed by atoms with Gasteiger partial charge in [-0.3, -0.25) is 14.0 Å². The number of hydrogen-bond donors (Lipinski definition) is 5. The van der Waals surface area contributed by atoms with Crippen LogP contribution in [0.1, 0.15) is 0 Å². The van der Waals surface area contributed by atoms with E-state index < -0.39 is 21.5 Å². The van der Waals surface area contributed by atoms with Crippen LogP contribution in [0.25, 0.3) is 0 Å². The van der Waals surface area contributed by atoms with Crippen molar-refractivity contribution < 1.29 is 38.5 Å². The van der Waals surface area contributed by atoms with Crippen LogP contribution < -0.4 is 0 Å². The average Bonchev–Trinajstić information content (AvgIpc) is 2.18. The Labute approximate surface area is 105 Å². The molecule has 9 nitrogen and oxygen atoms in total. The lowest BCUT2D eigenvalue weighted by Gasteiger charge is -2.21. The maximum Gasteiger partial charge on any atom is 0.350 e. The molecular formula is C7H19NO8P2. The van der Waals surface area contributed by atoms with Gasteiger partial charge in [-0.25, -0.2) is 0 Å². The number of rotatable bonds is 10. The van der Waals surface area contributed by atoms with E-state index in [1.807, 2.05) is 0 Å². The highest BCUT2D eigenvalue weighted by atomic mass is 31.2. The topological polar surface area (TPSA) is 148 Å². The van der Waals surface area contributed by atoms with Crippen molar-refractivity contribution in [3.63, 3.8) is 0 Å². The van der Waals surface area contributed by atoms with Crippen molar-refractivity contribution in [2.24, 2.45) is 0 Å². The first-order valence-corrected chi connectivity index (χ1v) is 8.74. The molecule has 0 spiro atoms. The number of aliphatic hydroxyl groups is 1. The van der Waals surface area contributed by atoms with E-state index in [9.17, 15) is 9.13 Å². The molecule has 5 N–H and O–H groups in total. The minimum absolute atomic E-state index is 0.00622. The Morgan fingerprint density at radius 1 is 0.944 bits per heavy atom. The quantitative estimate of drug-likeness (QED) is 0.243. The Hall–Kier alpha value is 0.180. The Kier molecular flexibility index (Phi) is 8.45. The fourth-order valence-corrected chi connectivity index (χ4v) is 2.04. The zero-order valence-corrected chi connectivity index (χ0v) is 11.5. The third-order valence-corrected chi connectivity index (χ3v) is 3.24. The van der Waals surface area contributed by atoms with E-state index in [4.69, 9.17) is 29.4 Å². The van der Waals surface area contributed by atoms with Gasteiger partial charge in [0.25, 0.3) is 0 Å². The molecule has 0 fully saturated rings. The van der Waals surface area contributed by atoms with Gasteiger partial charge in [0.15, 0.2) is 0 Å². The van der Waals surface area contributed by atoms with Crippen LogP contribution in [0.3, 0.4) is 0 Å². The van der Waals surface area contributed by atoms with Gasteiger partial charge in [0.2, 0.25) is 0 Å². The first-order valence-electron chi connectivity index (χ1n) is 5.14. The summed E-state index contributed by atoms with van der Waals surface area (Å²) < 4.78 is 25.9. The van der Waals surface area contributed by atoms with Gasteiger partial charge in [0.1, 0.15) is 6.35 Å². The molecule has 11 heteroatoms. The first-order chi connectivity index (χ1) is 8.14. The molecule has 0 atom stereocenters. The van der Waals surface area contributed by atoms with Crippen LogP contribution in [0.2, 0.25) is 0 Å². The van der Waals surface area contributed by atoms with Gasteiger partial charge in [-0.15, -0.1) is 0 Å². The highest BCUT2D eigenvalue weighted by Crippen LogP contribution is 2.34. The van der Waals surface area contributed by atoms with Crippen LogP contribution >= 0.6 is 15.2 Å². The lowest BCUT2D eigenvalue weighted by molar-refractivity contribution is 0.114. The van der Waals surface area contributed by atoms with Crippen LogP contribution in [0.4, 0.5) is 0 Å². The van der Waals surface area contributed by atoms with Gasteiger partial charge >= 0.3 is 15.2 Å². The lowest BCUT2D eigenvalue weighted by Crippen LogP contribution is -2.33. The number of aliphatic hydroxyl groups excluding tert-OH is 1. The fourth-order valence-electron chi connectivity index (χ4n) is 1.13. The molecule has 0 unspecified atom stereocenters. The first kappa shape index (κ1) is 18.2. The molecule has 0 aliphatic rings. The molecule has 110 valence electrons. The van der Waals surface area contributed by atoms with E-state index in [-0.39, 0.29) is 39.0 Å². The predicted octanol–water partition coefficient (Wildman–Crippen LogP) is -1.39. The van der Waals surface area contributed by atoms with Gasteiger partial charge in [0.05, 0.1) is 19.4 Å². The van der Waals surface area contributed by atoms with Crippen molar-refractivity contribution in [3.05, 3.63) is 0 Å². The molecule has 0 radical (unpaired) electrons. The molecular weight excluding hydrogens is 288 g/mol. The van der Waals surface area contributed by atoms with Crippen LogP contribution in [0.5, 0.6) is 0 Å². The number of nitrogens with zero attached hydrogens (tertiary/aromatic N) is 1. The molecule has 0 aliphatic carbocycles. The van der Waals surface area contributed by atoms with E-state index in [2.05, 4.69) is 0 Å². The fraction of sp³-hybridized carbons (Fsp3) is 1.00. The third kappa shape index (κ3) is 12.6. The summed E-state index contributed by atoms with van der Waals surface area (Å²) in [7, 11) is -8.30. The molecule has 0 amide bonds. The minimum atomic E-state index is -4.20. The van der Waals surface area contributed by atoms with Crippen molar-refractivity contribution in [2.45, 2.75) is 0 Å². The molecule has 0 aromatic rings. The highest BCUT2D eigenvalue weighted by molar-refractivity contribution is 7.51. The van der Waals surface area contributed by atoms with E-state index in [0.717, 1.165) is 0 Å². The SMILES string of the molecule is O=P(O)(O)CCN(CCO)CCOCP(=O)(O)O. The molecule has 0 aromatic heterocycles. The van der Waals surface area contributed by atoms with E-state index in [1.54, 1.807) is 4.90 Å². The highest BCUT2D eigenvalue weighted by Gasteiger charge is 2.16. The van der Waals surface area contributed by atoms with E-state index >= 15 is 0 Å². The summed E-state index contributed by atoms with van der Waals surface area (Å²) in [5.41, 5.74) is 0. The monoisotopic (exact) mass is 307 g/mol. The van der Waals surface area contributed by atoms with Gasteiger partial charge in [-0.05, 0) is 0 Å². The normalized spacial score (nSPS) is 13.2. The van der Waals surface area contributed by atoms with Crippen molar-refractivity contribution in [3.8, 4) is 0 Å². The summed E-state index contributed by atoms with van der Waals surface area (Å²) >= 11 is 0. The molecule has 0 aliphatic heterocycles. The van der Waals surface area contributed by atoms with Crippen LogP contribution in [-0.4, -0.2) is 74.9 Å². The maximum absolute atomic E-state index is 10.7. The molecule has 0 saturated carbocycles. The van der Waals surface area contributed by atoms with Crippen LogP contribution in [0, 0.1) is 0 Å². The van der Waals surface area contributed by atoms with E-state index in [1.165, 1.54) is 0 Å². The Morgan fingerprint density at radius 3 is 2.00 bits per heavy atom. The van der Waals surface area contributed by atoms with Gasteiger partial charge < -0.3 is 29.4 Å². The van der Waals surface area contributed by atoms with E-state index in [0.29, 0.717) is 0 Å². The van der Waals surface area contributed by atoms with Crippen LogP contribution in [-0.2, 0) is 13.9 Å². The second-order valence-electron chi connectivity index (χ2n) is 3.66. The molecule has 0 bridgehead atoms. The second-order valence-corrected chi connectivity index (χ2v) is 7.02.